The molecule has 0 saturated carbocycles. The third-order valence-electron chi connectivity index (χ3n) is 1.43. The quantitative estimate of drug-likeness (QED) is 0.330. The predicted octanol–water partition coefficient (Wildman–Crippen LogP) is 0.594. The summed E-state index contributed by atoms with van der Waals surface area (Å²) in [6.07, 6.45) is 5.51. The van der Waals surface area contributed by atoms with Gasteiger partial charge in [-0.05, 0) is 24.3 Å². The van der Waals surface area contributed by atoms with Crippen molar-refractivity contribution in [1.29, 1.82) is 0 Å². The fraction of sp³-hybridized carbons (Fsp3) is 0.429. The summed E-state index contributed by atoms with van der Waals surface area (Å²) in [5.74, 6) is 0. The molecule has 0 aromatic rings. The number of hydrogen-bond donors (Lipinski definition) is 1. The van der Waals surface area contributed by atoms with Gasteiger partial charge in [-0.1, -0.05) is 12.2 Å². The van der Waals surface area contributed by atoms with Gasteiger partial charge in [-0.2, -0.15) is 4.89 Å². The number of rotatable bonds is 1. The molecule has 0 spiro atoms. The first-order valence-electron chi connectivity index (χ1n) is 3.04. The monoisotopic (exact) mass is 141 g/mol. The molecule has 0 aliphatic heterocycles. The predicted molar refractivity (Wildman–Crippen MR) is 34.5 cm³/mol. The summed E-state index contributed by atoms with van der Waals surface area (Å²) in [5.41, 5.74) is -0.876. The smallest absolute Gasteiger partial charge is 0.140 e. The van der Waals surface area contributed by atoms with Gasteiger partial charge in [0.2, 0.25) is 0 Å². The fourth-order valence-electron chi connectivity index (χ4n) is 0.755. The Morgan fingerprint density at radius 1 is 1.50 bits per heavy atom. The molecule has 1 N–H and O–H groups in total. The summed E-state index contributed by atoms with van der Waals surface area (Å²) in [6, 6.07) is 0. The Morgan fingerprint density at radius 3 is 2.40 bits per heavy atom. The molecule has 10 heavy (non-hydrogen) atoms. The van der Waals surface area contributed by atoms with E-state index >= 15 is 0 Å². The van der Waals surface area contributed by atoms with Crippen LogP contribution >= 0.6 is 0 Å². The van der Waals surface area contributed by atoms with Crippen molar-refractivity contribution in [2.24, 2.45) is 0 Å². The summed E-state index contributed by atoms with van der Waals surface area (Å²) in [5, 5.41) is 18.9. The van der Waals surface area contributed by atoms with Gasteiger partial charge in [-0.15, -0.1) is 0 Å². The van der Waals surface area contributed by atoms with Gasteiger partial charge < -0.3 is 5.11 Å². The molecule has 1 radical (unpaired) electrons. The maximum atomic E-state index is 10.0. The molecule has 3 nitrogen and oxygen atoms in total. The number of aliphatic hydroxyl groups is 1. The van der Waals surface area contributed by atoms with E-state index in [0.29, 0.717) is 0 Å². The van der Waals surface area contributed by atoms with E-state index in [1.807, 2.05) is 0 Å². The highest BCUT2D eigenvalue weighted by Crippen LogP contribution is 2.17. The minimum Gasteiger partial charge on any atom is -0.385 e. The summed E-state index contributed by atoms with van der Waals surface area (Å²) in [4.78, 5) is 3.89. The van der Waals surface area contributed by atoms with Crippen LogP contribution in [0.1, 0.15) is 6.92 Å². The van der Waals surface area contributed by atoms with Crippen molar-refractivity contribution in [2.75, 3.05) is 0 Å². The molecule has 0 aromatic carbocycles. The van der Waals surface area contributed by atoms with E-state index in [1.54, 1.807) is 6.92 Å². The molecule has 0 fully saturated rings. The van der Waals surface area contributed by atoms with Crippen LogP contribution in [0.4, 0.5) is 0 Å². The van der Waals surface area contributed by atoms with Gasteiger partial charge in [-0.3, -0.25) is 0 Å². The van der Waals surface area contributed by atoms with Gasteiger partial charge in [-0.25, -0.2) is 0 Å². The van der Waals surface area contributed by atoms with Crippen molar-refractivity contribution in [3.63, 3.8) is 0 Å². The second-order valence-electron chi connectivity index (χ2n) is 2.48. The van der Waals surface area contributed by atoms with E-state index in [1.165, 1.54) is 24.3 Å². The van der Waals surface area contributed by atoms with E-state index in [9.17, 15) is 5.26 Å². The maximum Gasteiger partial charge on any atom is 0.140 e. The largest absolute Gasteiger partial charge is 0.385 e. The Morgan fingerprint density at radius 2 is 2.00 bits per heavy atom. The molecular weight excluding hydrogens is 132 g/mol. The van der Waals surface area contributed by atoms with Crippen LogP contribution in [-0.2, 0) is 10.1 Å². The third-order valence-corrected chi connectivity index (χ3v) is 1.43. The van der Waals surface area contributed by atoms with Crippen LogP contribution in [0.25, 0.3) is 0 Å². The Kier molecular flexibility index (Phi) is 1.89. The molecule has 0 amide bonds. The molecule has 55 valence electrons. The first-order chi connectivity index (χ1) is 4.66. The van der Waals surface area contributed by atoms with Crippen LogP contribution in [-0.4, -0.2) is 16.8 Å². The zero-order valence-corrected chi connectivity index (χ0v) is 5.65. The summed E-state index contributed by atoms with van der Waals surface area (Å²) in [6.45, 7) is 1.62. The van der Waals surface area contributed by atoms with Gasteiger partial charge >= 0.3 is 0 Å². The molecule has 3 heteroatoms. The van der Waals surface area contributed by atoms with Gasteiger partial charge in [0.05, 0.1) is 6.10 Å². The van der Waals surface area contributed by atoms with Gasteiger partial charge in [0.15, 0.2) is 0 Å². The standard InChI is InChI=1S/C7H9O3/c1-7(10-9)4-2-6(8)3-5-7/h2-6,8H,1H3. The summed E-state index contributed by atoms with van der Waals surface area (Å²) < 4.78 is 0. The molecule has 0 heterocycles. The van der Waals surface area contributed by atoms with Crippen LogP contribution < -0.4 is 0 Å². The lowest BCUT2D eigenvalue weighted by atomic mass is 10.00. The van der Waals surface area contributed by atoms with Crippen LogP contribution in [0, 0.1) is 0 Å². The minimum absolute atomic E-state index is 0.580. The second-order valence-corrected chi connectivity index (χ2v) is 2.48. The zero-order chi connectivity index (χ0) is 7.61. The summed E-state index contributed by atoms with van der Waals surface area (Å²) >= 11 is 0. The van der Waals surface area contributed by atoms with Crippen molar-refractivity contribution in [2.45, 2.75) is 18.6 Å². The lowest BCUT2D eigenvalue weighted by molar-refractivity contribution is -0.343. The Balaban J connectivity index is 2.69. The van der Waals surface area contributed by atoms with Crippen LogP contribution in [0.5, 0.6) is 0 Å². The molecule has 0 atom stereocenters. The number of aliphatic hydroxyl groups excluding tert-OH is 1. The average molecular weight is 141 g/mol. The van der Waals surface area contributed by atoms with E-state index in [-0.39, 0.29) is 0 Å². The van der Waals surface area contributed by atoms with Crippen molar-refractivity contribution in [1.82, 2.24) is 0 Å². The normalized spacial score (nSPS) is 38.5. The maximum absolute atomic E-state index is 10.0. The van der Waals surface area contributed by atoms with Crippen LogP contribution in [0.15, 0.2) is 24.3 Å². The Hall–Kier alpha value is -0.640. The van der Waals surface area contributed by atoms with Gasteiger partial charge in [0, 0.05) is 0 Å². The average Bonchev–Trinajstić information content (AvgIpc) is 1.96. The lowest BCUT2D eigenvalue weighted by Gasteiger charge is -2.19. The molecule has 0 unspecified atom stereocenters. The molecule has 1 aliphatic carbocycles. The third kappa shape index (κ3) is 1.44. The second kappa shape index (κ2) is 2.54. The zero-order valence-electron chi connectivity index (χ0n) is 5.65. The fourth-order valence-corrected chi connectivity index (χ4v) is 0.755. The molecule has 0 bridgehead atoms. The molecule has 0 aromatic heterocycles. The highest BCUT2D eigenvalue weighted by atomic mass is 17.1. The lowest BCUT2D eigenvalue weighted by Crippen LogP contribution is -2.24. The number of hydrogen-bond acceptors (Lipinski definition) is 2. The topological polar surface area (TPSA) is 49.4 Å². The molecular formula is C7H9O3. The van der Waals surface area contributed by atoms with Gasteiger partial charge in [0.1, 0.15) is 5.60 Å². The van der Waals surface area contributed by atoms with E-state index in [2.05, 4.69) is 4.89 Å². The summed E-state index contributed by atoms with van der Waals surface area (Å²) in [7, 11) is 0. The Bertz CT molecular complexity index is 158. The first-order valence-corrected chi connectivity index (χ1v) is 3.04. The molecule has 1 rings (SSSR count). The highest BCUT2D eigenvalue weighted by Gasteiger charge is 2.21. The van der Waals surface area contributed by atoms with E-state index in [4.69, 9.17) is 5.11 Å². The molecule has 0 saturated heterocycles. The highest BCUT2D eigenvalue weighted by molar-refractivity contribution is 5.21. The van der Waals surface area contributed by atoms with Gasteiger partial charge in [0.25, 0.3) is 0 Å². The van der Waals surface area contributed by atoms with Crippen molar-refractivity contribution >= 4 is 0 Å². The van der Waals surface area contributed by atoms with E-state index < -0.39 is 11.7 Å². The first kappa shape index (κ1) is 7.47. The molecule has 1 aliphatic rings. The Labute approximate surface area is 59.2 Å². The van der Waals surface area contributed by atoms with Crippen molar-refractivity contribution < 1.29 is 15.3 Å². The SMILES string of the molecule is CC1(O[O])C=CC(O)C=C1. The van der Waals surface area contributed by atoms with Crippen molar-refractivity contribution in [3.05, 3.63) is 24.3 Å². The minimum atomic E-state index is -0.876. The van der Waals surface area contributed by atoms with Crippen molar-refractivity contribution in [3.8, 4) is 0 Å². The van der Waals surface area contributed by atoms with Crippen LogP contribution in [0.3, 0.4) is 0 Å². The van der Waals surface area contributed by atoms with E-state index in [0.717, 1.165) is 0 Å². The van der Waals surface area contributed by atoms with Crippen LogP contribution in [0.2, 0.25) is 0 Å².